The molecule has 0 spiro atoms. The first-order chi connectivity index (χ1) is 13.6. The number of phenols is 1. The second kappa shape index (κ2) is 9.55. The van der Waals surface area contributed by atoms with Crippen molar-refractivity contribution >= 4 is 23.2 Å². The molecule has 1 saturated heterocycles. The summed E-state index contributed by atoms with van der Waals surface area (Å²) in [6.45, 7) is 2.55. The number of halogens is 1. The van der Waals surface area contributed by atoms with Gasteiger partial charge < -0.3 is 25.4 Å². The lowest BCUT2D eigenvalue weighted by molar-refractivity contribution is 0.406. The highest BCUT2D eigenvalue weighted by molar-refractivity contribution is 6.30. The quantitative estimate of drug-likeness (QED) is 0.512. The van der Waals surface area contributed by atoms with Crippen LogP contribution in [0, 0.1) is 0 Å². The maximum atomic E-state index is 10.1. The predicted octanol–water partition coefficient (Wildman–Crippen LogP) is 3.04. The first-order valence-electron chi connectivity index (χ1n) is 9.42. The number of benzene rings is 2. The van der Waals surface area contributed by atoms with Gasteiger partial charge in [0.25, 0.3) is 0 Å². The van der Waals surface area contributed by atoms with E-state index >= 15 is 0 Å². The van der Waals surface area contributed by atoms with Crippen molar-refractivity contribution in [2.45, 2.75) is 18.9 Å². The lowest BCUT2D eigenvalue weighted by atomic mass is 10.1. The van der Waals surface area contributed by atoms with Crippen LogP contribution < -0.4 is 20.3 Å². The van der Waals surface area contributed by atoms with Crippen molar-refractivity contribution in [2.75, 3.05) is 38.7 Å². The maximum absolute atomic E-state index is 10.1. The third kappa shape index (κ3) is 5.23. The van der Waals surface area contributed by atoms with Crippen LogP contribution >= 0.6 is 11.6 Å². The van der Waals surface area contributed by atoms with Crippen LogP contribution in [0.15, 0.2) is 47.5 Å². The number of guanidine groups is 1. The fourth-order valence-electron chi connectivity index (χ4n) is 3.37. The molecule has 0 saturated carbocycles. The number of rotatable bonds is 6. The van der Waals surface area contributed by atoms with Gasteiger partial charge in [-0.2, -0.15) is 0 Å². The van der Waals surface area contributed by atoms with E-state index in [1.807, 2.05) is 30.3 Å². The lowest BCUT2D eigenvalue weighted by Gasteiger charge is -2.20. The summed E-state index contributed by atoms with van der Waals surface area (Å²) in [7, 11) is 3.35. The van der Waals surface area contributed by atoms with E-state index in [4.69, 9.17) is 16.3 Å². The van der Waals surface area contributed by atoms with Crippen LogP contribution in [0.25, 0.3) is 0 Å². The van der Waals surface area contributed by atoms with E-state index in [0.29, 0.717) is 24.8 Å². The highest BCUT2D eigenvalue weighted by Crippen LogP contribution is 2.24. The number of anilines is 1. The van der Waals surface area contributed by atoms with Crippen molar-refractivity contribution < 1.29 is 9.84 Å². The fourth-order valence-corrected chi connectivity index (χ4v) is 3.56. The molecule has 1 heterocycles. The zero-order valence-corrected chi connectivity index (χ0v) is 17.0. The molecule has 1 fully saturated rings. The lowest BCUT2D eigenvalue weighted by Crippen LogP contribution is -2.45. The van der Waals surface area contributed by atoms with Gasteiger partial charge in [0.15, 0.2) is 5.96 Å². The Morgan fingerprint density at radius 1 is 1.32 bits per heavy atom. The van der Waals surface area contributed by atoms with Crippen LogP contribution in [-0.2, 0) is 6.42 Å². The van der Waals surface area contributed by atoms with Gasteiger partial charge >= 0.3 is 0 Å². The van der Waals surface area contributed by atoms with E-state index in [2.05, 4.69) is 26.6 Å². The number of methoxy groups -OCH3 is 1. The minimum Gasteiger partial charge on any atom is -0.508 e. The molecule has 0 aliphatic carbocycles. The van der Waals surface area contributed by atoms with E-state index in [0.717, 1.165) is 41.7 Å². The number of hydrogen-bond donors (Lipinski definition) is 3. The molecule has 150 valence electrons. The molecule has 0 bridgehead atoms. The molecule has 1 unspecified atom stereocenters. The third-order valence-electron chi connectivity index (χ3n) is 4.91. The Bertz CT molecular complexity index is 828. The molecule has 2 aromatic carbocycles. The Morgan fingerprint density at radius 3 is 2.89 bits per heavy atom. The Hall–Kier alpha value is -2.60. The Morgan fingerprint density at radius 2 is 2.18 bits per heavy atom. The minimum atomic E-state index is 0.247. The van der Waals surface area contributed by atoms with Gasteiger partial charge in [-0.25, -0.2) is 0 Å². The van der Waals surface area contributed by atoms with E-state index < -0.39 is 0 Å². The Balaban J connectivity index is 1.47. The normalized spacial score (nSPS) is 16.9. The number of hydrogen-bond acceptors (Lipinski definition) is 4. The molecule has 1 aliphatic heterocycles. The molecule has 0 aromatic heterocycles. The summed E-state index contributed by atoms with van der Waals surface area (Å²) >= 11 is 6.11. The molecule has 3 N–H and O–H groups in total. The van der Waals surface area contributed by atoms with Crippen molar-refractivity contribution in [1.82, 2.24) is 10.6 Å². The second-order valence-electron chi connectivity index (χ2n) is 6.80. The Kier molecular flexibility index (Phi) is 6.87. The van der Waals surface area contributed by atoms with Gasteiger partial charge in [0.2, 0.25) is 0 Å². The first kappa shape index (κ1) is 20.1. The van der Waals surface area contributed by atoms with Crippen molar-refractivity contribution in [3.05, 3.63) is 53.1 Å². The fraction of sp³-hybridized carbons (Fsp3) is 0.381. The molecule has 0 amide bonds. The predicted molar refractivity (Wildman–Crippen MR) is 115 cm³/mol. The van der Waals surface area contributed by atoms with Crippen LogP contribution in [0.4, 0.5) is 5.69 Å². The highest BCUT2D eigenvalue weighted by atomic mass is 35.5. The Labute approximate surface area is 171 Å². The summed E-state index contributed by atoms with van der Waals surface area (Å²) in [5.41, 5.74) is 2.02. The molecule has 3 rings (SSSR count). The van der Waals surface area contributed by atoms with Crippen molar-refractivity contribution in [3.8, 4) is 11.5 Å². The monoisotopic (exact) mass is 402 g/mol. The number of nitrogens with zero attached hydrogens (tertiary/aromatic N) is 2. The molecule has 1 aliphatic rings. The number of ether oxygens (including phenoxy) is 1. The van der Waals surface area contributed by atoms with Crippen LogP contribution in [0.2, 0.25) is 5.02 Å². The van der Waals surface area contributed by atoms with E-state index in [1.54, 1.807) is 20.2 Å². The van der Waals surface area contributed by atoms with Gasteiger partial charge in [0.1, 0.15) is 11.5 Å². The third-order valence-corrected chi connectivity index (χ3v) is 5.14. The van der Waals surface area contributed by atoms with Gasteiger partial charge in [-0.1, -0.05) is 23.7 Å². The van der Waals surface area contributed by atoms with Crippen LogP contribution in [-0.4, -0.2) is 50.9 Å². The number of nitrogens with one attached hydrogen (secondary N) is 2. The van der Waals surface area contributed by atoms with Crippen LogP contribution in [0.1, 0.15) is 12.0 Å². The summed E-state index contributed by atoms with van der Waals surface area (Å²) < 4.78 is 5.12. The summed E-state index contributed by atoms with van der Waals surface area (Å²) in [5, 5.41) is 17.6. The standard InChI is InChI=1S/C21H27ClN4O2/c1-23-21(24-10-8-15-6-7-19(28-2)13-20(15)27)25-17-9-11-26(14-17)18-5-3-4-16(22)12-18/h3-7,12-13,17,27H,8-11,14H2,1-2H3,(H2,23,24,25). The molecule has 0 radical (unpaired) electrons. The van der Waals surface area contributed by atoms with Crippen LogP contribution in [0.3, 0.4) is 0 Å². The number of aliphatic imine (C=N–C) groups is 1. The van der Waals surface area contributed by atoms with Crippen molar-refractivity contribution in [1.29, 1.82) is 0 Å². The van der Waals surface area contributed by atoms with Gasteiger partial charge in [-0.15, -0.1) is 0 Å². The maximum Gasteiger partial charge on any atom is 0.191 e. The van der Waals surface area contributed by atoms with Crippen LogP contribution in [0.5, 0.6) is 11.5 Å². The summed E-state index contributed by atoms with van der Waals surface area (Å²) in [6.07, 6.45) is 1.72. The zero-order chi connectivity index (χ0) is 19.9. The molecule has 28 heavy (non-hydrogen) atoms. The summed E-state index contributed by atoms with van der Waals surface area (Å²) in [6, 6.07) is 13.6. The van der Waals surface area contributed by atoms with Crippen molar-refractivity contribution in [2.24, 2.45) is 4.99 Å². The highest BCUT2D eigenvalue weighted by Gasteiger charge is 2.23. The van der Waals surface area contributed by atoms with Gasteiger partial charge in [-0.05, 0) is 42.7 Å². The largest absolute Gasteiger partial charge is 0.508 e. The van der Waals surface area contributed by atoms with Crippen molar-refractivity contribution in [3.63, 3.8) is 0 Å². The van der Waals surface area contributed by atoms with Gasteiger partial charge in [0, 0.05) is 49.5 Å². The van der Waals surface area contributed by atoms with E-state index in [9.17, 15) is 5.11 Å². The van der Waals surface area contributed by atoms with Gasteiger partial charge in [0.05, 0.1) is 7.11 Å². The van der Waals surface area contributed by atoms with E-state index in [1.165, 1.54) is 0 Å². The topological polar surface area (TPSA) is 69.1 Å². The SMILES string of the molecule is CN=C(NCCc1ccc(OC)cc1O)NC1CCN(c2cccc(Cl)c2)C1. The molecule has 2 aromatic rings. The number of phenolic OH excluding ortho intramolecular Hbond substituents is 1. The molecule has 7 heteroatoms. The van der Waals surface area contributed by atoms with E-state index in [-0.39, 0.29) is 5.75 Å². The summed E-state index contributed by atoms with van der Waals surface area (Å²) in [4.78, 5) is 6.64. The average molecular weight is 403 g/mol. The number of aromatic hydroxyl groups is 1. The zero-order valence-electron chi connectivity index (χ0n) is 16.3. The molecule has 1 atom stereocenters. The smallest absolute Gasteiger partial charge is 0.191 e. The molecule has 6 nitrogen and oxygen atoms in total. The molecular weight excluding hydrogens is 376 g/mol. The first-order valence-corrected chi connectivity index (χ1v) is 9.80. The second-order valence-corrected chi connectivity index (χ2v) is 7.24. The average Bonchev–Trinajstić information content (AvgIpc) is 3.17. The van der Waals surface area contributed by atoms with Gasteiger partial charge in [-0.3, -0.25) is 4.99 Å². The molecular formula is C21H27ClN4O2. The summed E-state index contributed by atoms with van der Waals surface area (Å²) in [5.74, 6) is 1.67. The minimum absolute atomic E-state index is 0.247.